The molecular formula is C40H63N3O22. The van der Waals surface area contributed by atoms with E-state index in [4.69, 9.17) is 33.2 Å². The van der Waals surface area contributed by atoms with Gasteiger partial charge < -0.3 is 105 Å². The SMILES string of the molecule is O=C(CCCCC(=O)NCCO[C@H]1O[C@H](CO[C@H]2O[C@H](CO)[C@@H](O)[C@H](O)[C@@H]2O)[C@@H](O)[C@H](O[C@H]2O[C@H](CO)[C@@H](O)[C@H](O)[C@@H]2O)[C@@H]1O)NCCCC[C@H](NC(=O)OCc1ccccc1)C(=O)O. The predicted octanol–water partition coefficient (Wildman–Crippen LogP) is -5.21. The lowest BCUT2D eigenvalue weighted by Crippen LogP contribution is -2.65. The number of rotatable bonds is 25. The van der Waals surface area contributed by atoms with Crippen LogP contribution in [0.1, 0.15) is 50.5 Å². The van der Waals surface area contributed by atoms with Crippen LogP contribution in [0.3, 0.4) is 0 Å². The van der Waals surface area contributed by atoms with Gasteiger partial charge in [0, 0.05) is 25.9 Å². The van der Waals surface area contributed by atoms with E-state index in [9.17, 15) is 75.3 Å². The fourth-order valence-electron chi connectivity index (χ4n) is 7.05. The minimum Gasteiger partial charge on any atom is -0.480 e. The van der Waals surface area contributed by atoms with E-state index in [1.54, 1.807) is 24.3 Å². The number of benzene rings is 1. The van der Waals surface area contributed by atoms with Crippen LogP contribution in [-0.2, 0) is 54.1 Å². The Morgan fingerprint density at radius 2 is 1.17 bits per heavy atom. The third-order valence-electron chi connectivity index (χ3n) is 10.9. The normalized spacial score (nSPS) is 33.1. The van der Waals surface area contributed by atoms with Crippen molar-refractivity contribution in [2.45, 2.75) is 150 Å². The van der Waals surface area contributed by atoms with Crippen LogP contribution >= 0.6 is 0 Å². The highest BCUT2D eigenvalue weighted by Gasteiger charge is 2.52. The van der Waals surface area contributed by atoms with Gasteiger partial charge in [-0.2, -0.15) is 0 Å². The van der Waals surface area contributed by atoms with Gasteiger partial charge in [-0.3, -0.25) is 9.59 Å². The monoisotopic (exact) mass is 937 g/mol. The van der Waals surface area contributed by atoms with E-state index in [-0.39, 0.29) is 51.5 Å². The summed E-state index contributed by atoms with van der Waals surface area (Å²) in [6.45, 7) is -2.33. The average Bonchev–Trinajstić information content (AvgIpc) is 3.29. The first kappa shape index (κ1) is 53.9. The molecule has 3 aliphatic heterocycles. The number of ether oxygens (including phenoxy) is 7. The Labute approximate surface area is 373 Å². The third kappa shape index (κ3) is 16.2. The molecule has 0 unspecified atom stereocenters. The average molecular weight is 938 g/mol. The number of aliphatic hydroxyl groups is 10. The number of carboxylic acid groups (broad SMARTS) is 1. The van der Waals surface area contributed by atoms with Gasteiger partial charge in [0.15, 0.2) is 18.9 Å². The van der Waals surface area contributed by atoms with Gasteiger partial charge in [0.1, 0.15) is 85.9 Å². The van der Waals surface area contributed by atoms with Crippen molar-refractivity contribution in [2.75, 3.05) is 39.5 Å². The number of nitrogens with one attached hydrogen (secondary N) is 3. The Hall–Kier alpha value is -3.74. The molecule has 0 aromatic heterocycles. The van der Waals surface area contributed by atoms with Gasteiger partial charge in [0.2, 0.25) is 11.8 Å². The number of unbranched alkanes of at least 4 members (excludes halogenated alkanes) is 2. The fraction of sp³-hybridized carbons (Fsp3) is 0.750. The second-order valence-electron chi connectivity index (χ2n) is 15.7. The quantitative estimate of drug-likeness (QED) is 0.0408. The number of hydrogen-bond donors (Lipinski definition) is 14. The molecule has 0 bridgehead atoms. The number of aliphatic hydroxyl groups excluding tert-OH is 10. The molecule has 3 heterocycles. The molecule has 0 aliphatic carbocycles. The summed E-state index contributed by atoms with van der Waals surface area (Å²) in [4.78, 5) is 48.5. The van der Waals surface area contributed by atoms with Gasteiger partial charge in [0.05, 0.1) is 26.4 Å². The van der Waals surface area contributed by atoms with Crippen molar-refractivity contribution < 1.29 is 109 Å². The summed E-state index contributed by atoms with van der Waals surface area (Å²) < 4.78 is 38.3. The van der Waals surface area contributed by atoms with E-state index >= 15 is 0 Å². The summed E-state index contributed by atoms with van der Waals surface area (Å²) in [5.74, 6) is -1.88. The molecule has 14 N–H and O–H groups in total. The van der Waals surface area contributed by atoms with E-state index in [2.05, 4.69) is 16.0 Å². The predicted molar refractivity (Wildman–Crippen MR) is 215 cm³/mol. The van der Waals surface area contributed by atoms with Gasteiger partial charge in [-0.25, -0.2) is 9.59 Å². The molecule has 65 heavy (non-hydrogen) atoms. The second kappa shape index (κ2) is 27.2. The molecule has 1 aromatic carbocycles. The van der Waals surface area contributed by atoms with Crippen molar-refractivity contribution in [2.24, 2.45) is 0 Å². The highest BCUT2D eigenvalue weighted by Crippen LogP contribution is 2.31. The van der Waals surface area contributed by atoms with Crippen LogP contribution in [-0.4, -0.2) is 218 Å². The maximum absolute atomic E-state index is 12.5. The van der Waals surface area contributed by atoms with Crippen LogP contribution in [0.25, 0.3) is 0 Å². The number of carbonyl (C=O) groups is 4. The van der Waals surface area contributed by atoms with Crippen molar-refractivity contribution in [3.63, 3.8) is 0 Å². The van der Waals surface area contributed by atoms with Gasteiger partial charge in [-0.1, -0.05) is 30.3 Å². The van der Waals surface area contributed by atoms with E-state index in [0.29, 0.717) is 25.7 Å². The molecule has 370 valence electrons. The summed E-state index contributed by atoms with van der Waals surface area (Å²) in [5.41, 5.74) is 0.748. The Kier molecular flexibility index (Phi) is 22.5. The van der Waals surface area contributed by atoms with Gasteiger partial charge in [-0.15, -0.1) is 0 Å². The molecular weight excluding hydrogens is 874 g/mol. The first-order chi connectivity index (χ1) is 31.1. The zero-order valence-electron chi connectivity index (χ0n) is 35.4. The molecule has 1 aromatic rings. The Balaban J connectivity index is 1.17. The van der Waals surface area contributed by atoms with E-state index in [0.717, 1.165) is 5.56 Å². The lowest BCUT2D eigenvalue weighted by molar-refractivity contribution is -0.366. The number of alkyl carbamates (subject to hydrolysis) is 1. The Bertz CT molecular complexity index is 1600. The third-order valence-corrected chi connectivity index (χ3v) is 10.9. The minimum absolute atomic E-state index is 0.0118. The number of aliphatic carboxylic acids is 1. The summed E-state index contributed by atoms with van der Waals surface area (Å²) in [6.07, 6.45) is -24.5. The second-order valence-corrected chi connectivity index (χ2v) is 15.7. The summed E-state index contributed by atoms with van der Waals surface area (Å²) in [5, 5.41) is 120. The number of carboxylic acids is 1. The lowest BCUT2D eigenvalue weighted by atomic mass is 9.96. The largest absolute Gasteiger partial charge is 0.480 e. The minimum atomic E-state index is -1.92. The van der Waals surface area contributed by atoms with Crippen molar-refractivity contribution in [3.05, 3.63) is 35.9 Å². The van der Waals surface area contributed by atoms with Gasteiger partial charge >= 0.3 is 12.1 Å². The zero-order chi connectivity index (χ0) is 47.6. The van der Waals surface area contributed by atoms with Crippen LogP contribution in [0.2, 0.25) is 0 Å². The van der Waals surface area contributed by atoms with Crippen LogP contribution in [0.15, 0.2) is 30.3 Å². The van der Waals surface area contributed by atoms with Crippen molar-refractivity contribution in [1.82, 2.24) is 16.0 Å². The molecule has 16 atom stereocenters. The zero-order valence-corrected chi connectivity index (χ0v) is 35.4. The molecule has 3 aliphatic rings. The van der Waals surface area contributed by atoms with Crippen molar-refractivity contribution >= 4 is 23.9 Å². The molecule has 4 rings (SSSR count). The molecule has 0 saturated carbocycles. The fourth-order valence-corrected chi connectivity index (χ4v) is 7.05. The number of hydrogen-bond acceptors (Lipinski definition) is 21. The maximum atomic E-state index is 12.5. The Morgan fingerprint density at radius 1 is 0.615 bits per heavy atom. The van der Waals surface area contributed by atoms with E-state index in [1.807, 2.05) is 6.07 Å². The highest BCUT2D eigenvalue weighted by molar-refractivity contribution is 5.80. The number of carbonyl (C=O) groups excluding carboxylic acids is 3. The van der Waals surface area contributed by atoms with Gasteiger partial charge in [-0.05, 0) is 37.7 Å². The van der Waals surface area contributed by atoms with E-state index < -0.39 is 136 Å². The lowest BCUT2D eigenvalue weighted by Gasteiger charge is -2.46. The first-order valence-corrected chi connectivity index (χ1v) is 21.3. The smallest absolute Gasteiger partial charge is 0.408 e. The maximum Gasteiger partial charge on any atom is 0.408 e. The molecule has 0 radical (unpaired) electrons. The summed E-state index contributed by atoms with van der Waals surface area (Å²) >= 11 is 0. The Morgan fingerprint density at radius 3 is 1.77 bits per heavy atom. The van der Waals surface area contributed by atoms with Crippen molar-refractivity contribution in [3.8, 4) is 0 Å². The molecule has 25 heteroatoms. The van der Waals surface area contributed by atoms with Crippen LogP contribution in [0.4, 0.5) is 4.79 Å². The molecule has 25 nitrogen and oxygen atoms in total. The summed E-state index contributed by atoms with van der Waals surface area (Å²) in [6, 6.07) is 7.73. The molecule has 0 spiro atoms. The van der Waals surface area contributed by atoms with E-state index in [1.165, 1.54) is 0 Å². The van der Waals surface area contributed by atoms with Crippen LogP contribution in [0.5, 0.6) is 0 Å². The molecule has 3 fully saturated rings. The molecule has 3 saturated heterocycles. The summed E-state index contributed by atoms with van der Waals surface area (Å²) in [7, 11) is 0. The van der Waals surface area contributed by atoms with Gasteiger partial charge in [0.25, 0.3) is 0 Å². The topological polar surface area (TPSA) is 392 Å². The van der Waals surface area contributed by atoms with Crippen molar-refractivity contribution in [1.29, 1.82) is 0 Å². The number of amides is 3. The van der Waals surface area contributed by atoms with Crippen LogP contribution in [0, 0.1) is 0 Å². The first-order valence-electron chi connectivity index (χ1n) is 21.3. The highest BCUT2D eigenvalue weighted by atomic mass is 16.7. The standard InChI is InChI=1S/C40H63N3O22/c44-16-22-27(48)30(51)32(53)37(62-22)60-19-24-29(50)35(65-39-33(54)31(52)28(49)23(17-45)63-39)34(55)38(64-24)59-15-14-42-26(47)12-5-4-11-25(46)41-13-7-6-10-21(36(56)57)43-40(58)61-18-20-8-2-1-3-9-20/h1-3,8-9,21-24,27-35,37-39,44-45,48-55H,4-7,10-19H2,(H,41,46)(H,42,47)(H,43,58)(H,56,57)/t21-,22+,23+,24+,27+,28+,29+,30-,31-,32-,33-,34-,35-,37-,38-,39+/m0/s1. The van der Waals surface area contributed by atoms with Crippen LogP contribution < -0.4 is 16.0 Å². The molecule has 3 amide bonds.